The first-order valence-electron chi connectivity index (χ1n) is 21.2. The minimum atomic E-state index is -4.61. The van der Waals surface area contributed by atoms with E-state index in [1.54, 1.807) is 31.3 Å². The van der Waals surface area contributed by atoms with Gasteiger partial charge in [0, 0.05) is 44.1 Å². The van der Waals surface area contributed by atoms with Crippen LogP contribution in [0.4, 0.5) is 26.3 Å². The van der Waals surface area contributed by atoms with Crippen LogP contribution in [0.5, 0.6) is 11.5 Å². The molecule has 4 aromatic carbocycles. The molecule has 0 unspecified atom stereocenters. The van der Waals surface area contributed by atoms with Crippen LogP contribution in [0.25, 0.3) is 21.9 Å². The van der Waals surface area contributed by atoms with Crippen LogP contribution >= 0.6 is 0 Å². The third-order valence-corrected chi connectivity index (χ3v) is 10.3. The second kappa shape index (κ2) is 24.8. The number of carbonyl (C=O) groups excluding carboxylic acids is 2. The topological polar surface area (TPSA) is 195 Å². The average Bonchev–Trinajstić information content (AvgIpc) is 3.94. The van der Waals surface area contributed by atoms with Crippen LogP contribution in [0, 0.1) is 0 Å². The predicted molar refractivity (Wildman–Crippen MR) is 232 cm³/mol. The van der Waals surface area contributed by atoms with Crippen LogP contribution in [0.2, 0.25) is 0 Å². The summed E-state index contributed by atoms with van der Waals surface area (Å²) < 4.78 is 100. The summed E-state index contributed by atoms with van der Waals surface area (Å²) in [4.78, 5) is 47.8. The summed E-state index contributed by atoms with van der Waals surface area (Å²) in [6.07, 6.45) is -5.73. The number of amides is 2. The molecule has 0 saturated heterocycles. The summed E-state index contributed by atoms with van der Waals surface area (Å²) in [6, 6.07) is 18.0. The van der Waals surface area contributed by atoms with Gasteiger partial charge in [0.1, 0.15) is 11.5 Å². The van der Waals surface area contributed by atoms with Gasteiger partial charge in [0.2, 0.25) is 11.8 Å². The van der Waals surface area contributed by atoms with E-state index in [9.17, 15) is 45.5 Å². The zero-order chi connectivity index (χ0) is 48.9. The van der Waals surface area contributed by atoms with Crippen molar-refractivity contribution >= 4 is 45.7 Å². The van der Waals surface area contributed by atoms with Gasteiger partial charge in [-0.2, -0.15) is 26.3 Å². The van der Waals surface area contributed by atoms with Crippen LogP contribution in [0.15, 0.2) is 81.8 Å². The maximum Gasteiger partial charge on any atom is 1.00 e. The molecule has 3 N–H and O–H groups in total. The first kappa shape index (κ1) is 54.5. The minimum Gasteiger partial charge on any atom is -1.00 e. The fourth-order valence-corrected chi connectivity index (χ4v) is 6.91. The molecule has 0 aliphatic rings. The van der Waals surface area contributed by atoms with Crippen molar-refractivity contribution in [2.45, 2.75) is 90.7 Å². The van der Waals surface area contributed by atoms with Gasteiger partial charge in [-0.3, -0.25) is 9.59 Å². The van der Waals surface area contributed by atoms with Crippen molar-refractivity contribution in [3.63, 3.8) is 0 Å². The molecule has 2 heterocycles. The monoisotopic (exact) mass is 966 g/mol. The van der Waals surface area contributed by atoms with Crippen LogP contribution in [-0.2, 0) is 47.9 Å². The second-order valence-electron chi connectivity index (χ2n) is 15.3. The maximum atomic E-state index is 13.1. The van der Waals surface area contributed by atoms with E-state index in [-0.39, 0.29) is 108 Å². The number of alkyl halides is 6. The molecular weight excluding hydrogens is 918 g/mol. The number of benzene rings is 4. The number of aromatic nitrogens is 2. The van der Waals surface area contributed by atoms with Crippen LogP contribution in [0.1, 0.15) is 108 Å². The van der Waals surface area contributed by atoms with Crippen molar-refractivity contribution in [3.05, 3.63) is 118 Å². The number of nitrogens with zero attached hydrogens (tertiary/aromatic N) is 3. The molecular formula is C47H49F6N4NaO10. The van der Waals surface area contributed by atoms with Crippen molar-refractivity contribution in [1.82, 2.24) is 20.5 Å². The molecule has 0 aliphatic carbocycles. The number of aromatic carboxylic acids is 2. The molecule has 21 heteroatoms. The maximum absolute atomic E-state index is 13.1. The van der Waals surface area contributed by atoms with Crippen molar-refractivity contribution in [2.75, 3.05) is 20.3 Å². The zero-order valence-electron chi connectivity index (χ0n) is 38.7. The second-order valence-corrected chi connectivity index (χ2v) is 15.3. The summed E-state index contributed by atoms with van der Waals surface area (Å²) in [7, 11) is 1.66. The minimum absolute atomic E-state index is 0. The number of nitrogens with one attached hydrogen (secondary N) is 1. The molecule has 6 rings (SSSR count). The molecule has 6 aromatic rings. The van der Waals surface area contributed by atoms with Gasteiger partial charge in [0.25, 0.3) is 0 Å². The molecule has 360 valence electrons. The number of carbonyl (C=O) groups is 4. The number of fused-ring (bicyclic) bond motifs is 2. The average molecular weight is 967 g/mol. The molecule has 0 fully saturated rings. The molecule has 0 atom stereocenters. The number of carboxylic acids is 2. The van der Waals surface area contributed by atoms with E-state index in [0.29, 0.717) is 67.7 Å². The molecule has 0 aliphatic heterocycles. The fraction of sp³-hybridized carbons (Fsp3) is 0.362. The van der Waals surface area contributed by atoms with Gasteiger partial charge in [-0.1, -0.05) is 61.3 Å². The summed E-state index contributed by atoms with van der Waals surface area (Å²) in [5.41, 5.74) is 0.979. The number of ether oxygens (including phenoxy) is 2. The SMILES string of the molecule is CCCc1c(OCCCC(=O)N(C)Cc2ccc(C(=O)O)cc2)ccc2c(C(F)(F)F)noc12.CCCc1c(OCCCC(=O)NCc2ccc(C(=O)O)cc2)ccc2c(C(F)(F)F)noc12.[H-].[Na+]. The van der Waals surface area contributed by atoms with E-state index < -0.39 is 35.7 Å². The van der Waals surface area contributed by atoms with Crippen molar-refractivity contribution in [2.24, 2.45) is 0 Å². The Kier molecular flexibility index (Phi) is 19.8. The summed E-state index contributed by atoms with van der Waals surface area (Å²) in [5.74, 6) is -1.51. The molecule has 0 radical (unpaired) electrons. The van der Waals surface area contributed by atoms with Gasteiger partial charge in [-0.05, 0) is 85.3 Å². The van der Waals surface area contributed by atoms with Crippen molar-refractivity contribution in [3.8, 4) is 11.5 Å². The molecule has 0 spiro atoms. The number of halogens is 6. The number of carboxylic acid groups (broad SMARTS) is 2. The zero-order valence-corrected chi connectivity index (χ0v) is 39.7. The van der Waals surface area contributed by atoms with E-state index >= 15 is 0 Å². The van der Waals surface area contributed by atoms with Gasteiger partial charge in [-0.15, -0.1) is 0 Å². The molecule has 0 bridgehead atoms. The largest absolute Gasteiger partial charge is 1.00 e. The van der Waals surface area contributed by atoms with E-state index in [1.807, 2.05) is 13.8 Å². The molecule has 0 saturated carbocycles. The van der Waals surface area contributed by atoms with Crippen LogP contribution < -0.4 is 44.3 Å². The predicted octanol–water partition coefficient (Wildman–Crippen LogP) is 7.40. The van der Waals surface area contributed by atoms with E-state index in [0.717, 1.165) is 11.1 Å². The number of hydrogen-bond acceptors (Lipinski definition) is 10. The third kappa shape index (κ3) is 14.7. The Labute approximate surface area is 409 Å². The quantitative estimate of drug-likeness (QED) is 0.0391. The normalized spacial score (nSPS) is 11.4. The molecule has 2 aromatic heterocycles. The smallest absolute Gasteiger partial charge is 1.00 e. The molecule has 14 nitrogen and oxygen atoms in total. The van der Waals surface area contributed by atoms with E-state index in [1.165, 1.54) is 53.4 Å². The van der Waals surface area contributed by atoms with Crippen LogP contribution in [-0.4, -0.2) is 69.4 Å². The first-order valence-corrected chi connectivity index (χ1v) is 21.2. The Bertz CT molecular complexity index is 2660. The van der Waals surface area contributed by atoms with Gasteiger partial charge < -0.3 is 40.4 Å². The Morgan fingerprint density at radius 1 is 0.662 bits per heavy atom. The van der Waals surface area contributed by atoms with E-state index in [4.69, 9.17) is 28.7 Å². The fourth-order valence-electron chi connectivity index (χ4n) is 6.91. The summed E-state index contributed by atoms with van der Waals surface area (Å²) >= 11 is 0. The number of rotatable bonds is 20. The molecule has 2 amide bonds. The van der Waals surface area contributed by atoms with Gasteiger partial charge >= 0.3 is 53.8 Å². The Morgan fingerprint density at radius 2 is 1.09 bits per heavy atom. The standard InChI is InChI=1S/C24H25F3N2O5.C23H23F3N2O5.Na.H/c1-3-5-17-19(12-11-18-21(17)34-28-22(18)24(25,26)27)33-13-4-6-20(30)29(2)14-15-7-9-16(10-8-15)23(31)32;1-2-4-16-18(11-10-17-20(16)33-28-21(17)23(24,25)26)32-12-3-5-19(29)27-13-14-6-8-15(9-7-14)22(30)31;;/h7-12H,3-6,13-14H2,1-2H3,(H,31,32);6-11H,2-5,12-13H2,1H3,(H,27,29)(H,30,31);;/q;;+1;-1. The Balaban J connectivity index is 0.000000355. The van der Waals surface area contributed by atoms with Crippen molar-refractivity contribution < 1.29 is 105 Å². The molecule has 68 heavy (non-hydrogen) atoms. The van der Waals surface area contributed by atoms with Gasteiger partial charge in [0.15, 0.2) is 22.6 Å². The summed E-state index contributed by atoms with van der Waals surface area (Å²) in [5, 5.41) is 26.8. The summed E-state index contributed by atoms with van der Waals surface area (Å²) in [6.45, 7) is 4.79. The Hall–Kier alpha value is -6.12. The first-order chi connectivity index (χ1) is 31.8. The van der Waals surface area contributed by atoms with Crippen molar-refractivity contribution in [1.29, 1.82) is 0 Å². The van der Waals surface area contributed by atoms with E-state index in [2.05, 4.69) is 15.6 Å². The number of aryl methyl sites for hydroxylation is 2. The van der Waals surface area contributed by atoms with Gasteiger partial charge in [0.05, 0.1) is 35.1 Å². The third-order valence-electron chi connectivity index (χ3n) is 10.3. The number of hydrogen-bond donors (Lipinski definition) is 3. The van der Waals surface area contributed by atoms with Crippen LogP contribution in [0.3, 0.4) is 0 Å². The van der Waals surface area contributed by atoms with Gasteiger partial charge in [-0.25, -0.2) is 9.59 Å². The Morgan fingerprint density at radius 3 is 1.50 bits per heavy atom.